The Morgan fingerprint density at radius 2 is 2.06 bits per heavy atom. The van der Waals surface area contributed by atoms with Crippen molar-refractivity contribution >= 4 is 0 Å². The molecule has 2 rings (SSSR count). The van der Waals surface area contributed by atoms with Crippen molar-refractivity contribution in [3.63, 3.8) is 0 Å². The summed E-state index contributed by atoms with van der Waals surface area (Å²) in [6.07, 6.45) is 3.54. The van der Waals surface area contributed by atoms with Gasteiger partial charge in [0.05, 0.1) is 11.7 Å². The second-order valence-electron chi connectivity index (χ2n) is 5.62. The summed E-state index contributed by atoms with van der Waals surface area (Å²) in [7, 11) is 0. The zero-order valence-corrected chi connectivity index (χ0v) is 11.2. The fraction of sp³-hybridized carbons (Fsp3) is 0.600. The van der Waals surface area contributed by atoms with E-state index >= 15 is 0 Å². The Bertz CT molecular complexity index is 375. The van der Waals surface area contributed by atoms with Crippen LogP contribution in [0.5, 0.6) is 0 Å². The average molecular weight is 251 g/mol. The molecule has 0 spiro atoms. The highest BCUT2D eigenvalue weighted by Crippen LogP contribution is 2.28. The molecule has 0 aromatic heterocycles. The molecule has 1 unspecified atom stereocenters. The maximum atomic E-state index is 12.7. The van der Waals surface area contributed by atoms with Crippen molar-refractivity contribution in [1.29, 1.82) is 0 Å². The maximum Gasteiger partial charge on any atom is 0.123 e. The number of hydrogen-bond donors (Lipinski definition) is 1. The summed E-state index contributed by atoms with van der Waals surface area (Å²) < 4.78 is 18.6. The molecule has 1 fully saturated rings. The Morgan fingerprint density at radius 1 is 1.33 bits per heavy atom. The molecular weight excluding hydrogens is 229 g/mol. The summed E-state index contributed by atoms with van der Waals surface area (Å²) in [5.74, 6) is -0.173. The average Bonchev–Trinajstić information content (AvgIpc) is 2.67. The number of rotatable bonds is 5. The van der Waals surface area contributed by atoms with Gasteiger partial charge in [0, 0.05) is 6.54 Å². The molecule has 3 heteroatoms. The van der Waals surface area contributed by atoms with Crippen LogP contribution in [0.2, 0.25) is 0 Å². The molecule has 0 radical (unpaired) electrons. The second-order valence-corrected chi connectivity index (χ2v) is 5.62. The number of benzene rings is 1. The van der Waals surface area contributed by atoms with Crippen LogP contribution < -0.4 is 5.32 Å². The van der Waals surface area contributed by atoms with E-state index < -0.39 is 0 Å². The molecule has 1 aliphatic heterocycles. The normalized spacial score (nSPS) is 22.3. The van der Waals surface area contributed by atoms with Gasteiger partial charge in [-0.05, 0) is 57.4 Å². The Kier molecular flexibility index (Phi) is 4.36. The van der Waals surface area contributed by atoms with E-state index in [1.165, 1.54) is 12.1 Å². The first-order valence-electron chi connectivity index (χ1n) is 6.68. The second kappa shape index (κ2) is 5.81. The topological polar surface area (TPSA) is 21.3 Å². The van der Waals surface area contributed by atoms with Gasteiger partial charge in [-0.15, -0.1) is 0 Å². The smallest absolute Gasteiger partial charge is 0.123 e. The van der Waals surface area contributed by atoms with E-state index in [1.54, 1.807) is 0 Å². The molecule has 100 valence electrons. The third-order valence-electron chi connectivity index (χ3n) is 3.43. The lowest BCUT2D eigenvalue weighted by molar-refractivity contribution is -0.0140. The SMILES string of the molecule is CC1(C)CCC(CNCCc2ccc(F)cc2)O1. The summed E-state index contributed by atoms with van der Waals surface area (Å²) in [5.41, 5.74) is 1.21. The van der Waals surface area contributed by atoms with Crippen molar-refractivity contribution in [3.8, 4) is 0 Å². The zero-order valence-electron chi connectivity index (χ0n) is 11.2. The van der Waals surface area contributed by atoms with Gasteiger partial charge in [-0.2, -0.15) is 0 Å². The first-order chi connectivity index (χ1) is 8.55. The quantitative estimate of drug-likeness (QED) is 0.812. The summed E-state index contributed by atoms with van der Waals surface area (Å²) >= 11 is 0. The first-order valence-corrected chi connectivity index (χ1v) is 6.68. The molecular formula is C15H22FNO. The Hall–Kier alpha value is -0.930. The van der Waals surface area contributed by atoms with Gasteiger partial charge in [0.2, 0.25) is 0 Å². The highest BCUT2D eigenvalue weighted by Gasteiger charge is 2.30. The van der Waals surface area contributed by atoms with Crippen molar-refractivity contribution in [2.45, 2.75) is 44.8 Å². The first kappa shape index (κ1) is 13.5. The van der Waals surface area contributed by atoms with Gasteiger partial charge in [0.25, 0.3) is 0 Å². The molecule has 0 saturated carbocycles. The Labute approximate surface area is 109 Å². The Morgan fingerprint density at radius 3 is 2.67 bits per heavy atom. The summed E-state index contributed by atoms with van der Waals surface area (Å²) in [6, 6.07) is 6.70. The molecule has 0 amide bonds. The molecule has 1 saturated heterocycles. The van der Waals surface area contributed by atoms with Gasteiger partial charge in [-0.25, -0.2) is 4.39 Å². The van der Waals surface area contributed by atoms with E-state index in [2.05, 4.69) is 19.2 Å². The van der Waals surface area contributed by atoms with Gasteiger partial charge in [0.15, 0.2) is 0 Å². The Balaban J connectivity index is 1.63. The molecule has 1 heterocycles. The molecule has 0 bridgehead atoms. The molecule has 1 N–H and O–H groups in total. The molecule has 1 aromatic rings. The number of nitrogens with one attached hydrogen (secondary N) is 1. The van der Waals surface area contributed by atoms with E-state index in [1.807, 2.05) is 12.1 Å². The fourth-order valence-electron chi connectivity index (χ4n) is 2.37. The molecule has 1 atom stereocenters. The van der Waals surface area contributed by atoms with E-state index in [4.69, 9.17) is 4.74 Å². The maximum absolute atomic E-state index is 12.7. The largest absolute Gasteiger partial charge is 0.371 e. The highest BCUT2D eigenvalue weighted by molar-refractivity contribution is 5.16. The van der Waals surface area contributed by atoms with Crippen LogP contribution in [-0.2, 0) is 11.2 Å². The number of halogens is 1. The third kappa shape index (κ3) is 4.07. The molecule has 1 aromatic carbocycles. The minimum absolute atomic E-state index is 0.0449. The van der Waals surface area contributed by atoms with Crippen LogP contribution in [0.1, 0.15) is 32.3 Å². The van der Waals surface area contributed by atoms with Crippen LogP contribution in [0.25, 0.3) is 0 Å². The van der Waals surface area contributed by atoms with Crippen LogP contribution in [0.3, 0.4) is 0 Å². The summed E-state index contributed by atoms with van der Waals surface area (Å²) in [4.78, 5) is 0. The monoisotopic (exact) mass is 251 g/mol. The molecule has 2 nitrogen and oxygen atoms in total. The van der Waals surface area contributed by atoms with Gasteiger partial charge in [-0.3, -0.25) is 0 Å². The minimum Gasteiger partial charge on any atom is -0.371 e. The van der Waals surface area contributed by atoms with E-state index in [0.29, 0.717) is 6.10 Å². The van der Waals surface area contributed by atoms with Crippen LogP contribution >= 0.6 is 0 Å². The lowest BCUT2D eigenvalue weighted by Crippen LogP contribution is -2.30. The fourth-order valence-corrected chi connectivity index (χ4v) is 2.37. The minimum atomic E-state index is -0.173. The standard InChI is InChI=1S/C15H22FNO/c1-15(2)9-7-14(18-15)11-17-10-8-12-3-5-13(16)6-4-12/h3-6,14,17H,7-11H2,1-2H3. The van der Waals surface area contributed by atoms with Crippen molar-refractivity contribution in [1.82, 2.24) is 5.32 Å². The lowest BCUT2D eigenvalue weighted by Gasteiger charge is -2.19. The summed E-state index contributed by atoms with van der Waals surface area (Å²) in [6.45, 7) is 6.10. The predicted octanol–water partition coefficient (Wildman–Crippen LogP) is 2.92. The van der Waals surface area contributed by atoms with E-state index in [9.17, 15) is 4.39 Å². The van der Waals surface area contributed by atoms with Gasteiger partial charge >= 0.3 is 0 Å². The van der Waals surface area contributed by atoms with Gasteiger partial charge in [0.1, 0.15) is 5.82 Å². The van der Waals surface area contributed by atoms with Crippen molar-refractivity contribution in [2.75, 3.05) is 13.1 Å². The van der Waals surface area contributed by atoms with Crippen LogP contribution in [0, 0.1) is 5.82 Å². The summed E-state index contributed by atoms with van der Waals surface area (Å²) in [5, 5.41) is 3.41. The molecule has 0 aliphatic carbocycles. The van der Waals surface area contributed by atoms with Crippen molar-refractivity contribution < 1.29 is 9.13 Å². The predicted molar refractivity (Wildman–Crippen MR) is 71.2 cm³/mol. The molecule has 1 aliphatic rings. The van der Waals surface area contributed by atoms with Crippen LogP contribution in [-0.4, -0.2) is 24.8 Å². The highest BCUT2D eigenvalue weighted by atomic mass is 19.1. The number of hydrogen-bond acceptors (Lipinski definition) is 2. The van der Waals surface area contributed by atoms with Gasteiger partial charge < -0.3 is 10.1 Å². The van der Waals surface area contributed by atoms with E-state index in [-0.39, 0.29) is 11.4 Å². The van der Waals surface area contributed by atoms with Crippen molar-refractivity contribution in [3.05, 3.63) is 35.6 Å². The number of ether oxygens (including phenoxy) is 1. The molecule has 18 heavy (non-hydrogen) atoms. The van der Waals surface area contributed by atoms with E-state index in [0.717, 1.165) is 37.9 Å². The third-order valence-corrected chi connectivity index (χ3v) is 3.43. The van der Waals surface area contributed by atoms with Crippen LogP contribution in [0.15, 0.2) is 24.3 Å². The lowest BCUT2D eigenvalue weighted by atomic mass is 10.1. The van der Waals surface area contributed by atoms with Crippen molar-refractivity contribution in [2.24, 2.45) is 0 Å². The van der Waals surface area contributed by atoms with Gasteiger partial charge in [-0.1, -0.05) is 12.1 Å². The zero-order chi connectivity index (χ0) is 13.0. The van der Waals surface area contributed by atoms with Crippen LogP contribution in [0.4, 0.5) is 4.39 Å².